The summed E-state index contributed by atoms with van der Waals surface area (Å²) in [5, 5.41) is 20.4. The molecule has 0 aromatic carbocycles. The van der Waals surface area contributed by atoms with Crippen LogP contribution < -0.4 is 0 Å². The molecule has 2 nitrogen and oxygen atoms in total. The van der Waals surface area contributed by atoms with Gasteiger partial charge in [-0.15, -0.1) is 0 Å². The van der Waals surface area contributed by atoms with Crippen LogP contribution in [0.3, 0.4) is 0 Å². The molecule has 0 heterocycles. The Bertz CT molecular complexity index is 626. The van der Waals surface area contributed by atoms with Crippen LogP contribution >= 0.6 is 0 Å². The Balaban J connectivity index is 1.67. The van der Waals surface area contributed by atoms with Gasteiger partial charge >= 0.3 is 0 Å². The Hall–Kier alpha value is -0.600. The molecule has 2 N–H and O–H groups in total. The van der Waals surface area contributed by atoms with E-state index in [4.69, 9.17) is 0 Å². The number of hydrogen-bond donors (Lipinski definition) is 2. The van der Waals surface area contributed by atoms with Gasteiger partial charge in [-0.3, -0.25) is 0 Å². The molecule has 0 spiro atoms. The third-order valence-electron chi connectivity index (χ3n) is 9.27. The highest BCUT2D eigenvalue weighted by Crippen LogP contribution is 2.60. The molecule has 7 atom stereocenters. The highest BCUT2D eigenvalue weighted by molar-refractivity contribution is 5.26. The molecular formula is C28H48O2. The van der Waals surface area contributed by atoms with Gasteiger partial charge in [0.2, 0.25) is 0 Å². The summed E-state index contributed by atoms with van der Waals surface area (Å²) in [6.07, 6.45) is 16.6. The molecule has 0 aromatic heterocycles. The van der Waals surface area contributed by atoms with Crippen molar-refractivity contribution in [2.45, 2.75) is 117 Å². The standard InChI is InChI=1S/C28H48O2/c1-19(9-7-15-27(4,5)30)24-13-14-25-23(10-8-16-28(24,25)6)12-11-22-17-20(2)21(3)26(29)18-22/h11-12,19-21,24-26,29-30H,7-10,13-18H2,1-6H3/b22-11+,23-12+/t19-,20+,21+,24?,25?,26?,28+/m0/s1. The van der Waals surface area contributed by atoms with Crippen LogP contribution in [-0.2, 0) is 0 Å². The summed E-state index contributed by atoms with van der Waals surface area (Å²) in [7, 11) is 0. The molecule has 30 heavy (non-hydrogen) atoms. The van der Waals surface area contributed by atoms with E-state index >= 15 is 0 Å². The van der Waals surface area contributed by atoms with Crippen LogP contribution in [0.5, 0.6) is 0 Å². The normalized spacial score (nSPS) is 41.3. The van der Waals surface area contributed by atoms with Crippen LogP contribution in [-0.4, -0.2) is 21.9 Å². The maximum absolute atomic E-state index is 10.4. The van der Waals surface area contributed by atoms with E-state index in [1.165, 1.54) is 44.1 Å². The van der Waals surface area contributed by atoms with Gasteiger partial charge in [0, 0.05) is 0 Å². The fourth-order valence-electron chi connectivity index (χ4n) is 7.15. The van der Waals surface area contributed by atoms with Crippen molar-refractivity contribution < 1.29 is 10.2 Å². The molecule has 172 valence electrons. The summed E-state index contributed by atoms with van der Waals surface area (Å²) < 4.78 is 0. The third-order valence-corrected chi connectivity index (χ3v) is 9.27. The number of hydrogen-bond acceptors (Lipinski definition) is 2. The first-order valence-electron chi connectivity index (χ1n) is 12.8. The first-order valence-corrected chi connectivity index (χ1v) is 12.8. The van der Waals surface area contributed by atoms with Gasteiger partial charge in [-0.25, -0.2) is 0 Å². The van der Waals surface area contributed by atoms with Crippen LogP contribution in [0.2, 0.25) is 0 Å². The average Bonchev–Trinajstić information content (AvgIpc) is 3.00. The SMILES string of the molecule is C[C@@H]1C/C(=C\C=C2/CCC[C@@]3(C)C2CCC3[C@@H](C)CCCC(C)(C)O)CC(O)[C@@H]1C. The van der Waals surface area contributed by atoms with E-state index < -0.39 is 5.60 Å². The van der Waals surface area contributed by atoms with Crippen molar-refractivity contribution in [3.8, 4) is 0 Å². The molecule has 0 radical (unpaired) electrons. The van der Waals surface area contributed by atoms with Gasteiger partial charge in [0.1, 0.15) is 0 Å². The van der Waals surface area contributed by atoms with E-state index in [1.807, 2.05) is 13.8 Å². The highest BCUT2D eigenvalue weighted by Gasteiger charge is 2.50. The number of fused-ring (bicyclic) bond motifs is 1. The van der Waals surface area contributed by atoms with E-state index in [0.29, 0.717) is 17.3 Å². The summed E-state index contributed by atoms with van der Waals surface area (Å²) in [5.74, 6) is 3.31. The van der Waals surface area contributed by atoms with E-state index in [0.717, 1.165) is 43.4 Å². The maximum Gasteiger partial charge on any atom is 0.0605 e. The Morgan fingerprint density at radius 3 is 2.57 bits per heavy atom. The van der Waals surface area contributed by atoms with E-state index in [2.05, 4.69) is 39.8 Å². The van der Waals surface area contributed by atoms with Gasteiger partial charge in [0.25, 0.3) is 0 Å². The zero-order valence-electron chi connectivity index (χ0n) is 20.6. The van der Waals surface area contributed by atoms with Gasteiger partial charge < -0.3 is 10.2 Å². The van der Waals surface area contributed by atoms with Crippen LogP contribution in [0.4, 0.5) is 0 Å². The minimum absolute atomic E-state index is 0.171. The first-order chi connectivity index (χ1) is 14.0. The molecule has 0 saturated heterocycles. The van der Waals surface area contributed by atoms with Gasteiger partial charge in [0.05, 0.1) is 11.7 Å². The molecule has 3 rings (SSSR count). The number of allylic oxidation sites excluding steroid dienone is 3. The zero-order valence-corrected chi connectivity index (χ0v) is 20.6. The molecule has 3 aliphatic carbocycles. The summed E-state index contributed by atoms with van der Waals surface area (Å²) in [6, 6.07) is 0. The van der Waals surface area contributed by atoms with Crippen molar-refractivity contribution in [3.05, 3.63) is 23.3 Å². The van der Waals surface area contributed by atoms with E-state index in [1.54, 1.807) is 5.57 Å². The van der Waals surface area contributed by atoms with Crippen molar-refractivity contribution in [2.75, 3.05) is 0 Å². The number of aliphatic hydroxyl groups is 2. The molecule has 3 saturated carbocycles. The van der Waals surface area contributed by atoms with E-state index in [-0.39, 0.29) is 6.10 Å². The minimum atomic E-state index is -0.530. The Morgan fingerprint density at radius 1 is 1.17 bits per heavy atom. The quantitative estimate of drug-likeness (QED) is 0.486. The Kier molecular flexibility index (Phi) is 7.61. The minimum Gasteiger partial charge on any atom is -0.393 e. The molecule has 0 aliphatic heterocycles. The molecular weight excluding hydrogens is 368 g/mol. The summed E-state index contributed by atoms with van der Waals surface area (Å²) >= 11 is 0. The summed E-state index contributed by atoms with van der Waals surface area (Å²) in [4.78, 5) is 0. The average molecular weight is 417 g/mol. The van der Waals surface area contributed by atoms with Gasteiger partial charge in [-0.2, -0.15) is 0 Å². The Labute approximate surface area is 186 Å². The van der Waals surface area contributed by atoms with Gasteiger partial charge in [-0.1, -0.05) is 63.8 Å². The van der Waals surface area contributed by atoms with Crippen LogP contribution in [0.15, 0.2) is 23.3 Å². The van der Waals surface area contributed by atoms with Crippen LogP contribution in [0.1, 0.15) is 106 Å². The molecule has 0 aromatic rings. The maximum atomic E-state index is 10.4. The zero-order chi connectivity index (χ0) is 22.1. The topological polar surface area (TPSA) is 40.5 Å². The van der Waals surface area contributed by atoms with Crippen molar-refractivity contribution in [1.29, 1.82) is 0 Å². The van der Waals surface area contributed by atoms with Crippen molar-refractivity contribution >= 4 is 0 Å². The fourth-order valence-corrected chi connectivity index (χ4v) is 7.15. The molecule has 2 heteroatoms. The van der Waals surface area contributed by atoms with Crippen LogP contribution in [0.25, 0.3) is 0 Å². The first kappa shape index (κ1) is 24.1. The van der Waals surface area contributed by atoms with Gasteiger partial charge in [0.15, 0.2) is 0 Å². The number of rotatable bonds is 6. The second-order valence-corrected chi connectivity index (χ2v) is 12.2. The summed E-state index contributed by atoms with van der Waals surface area (Å²) in [5.41, 5.74) is 3.05. The van der Waals surface area contributed by atoms with Crippen LogP contribution in [0, 0.1) is 35.0 Å². The predicted molar refractivity (Wildman–Crippen MR) is 127 cm³/mol. The molecule has 0 bridgehead atoms. The van der Waals surface area contributed by atoms with Crippen molar-refractivity contribution in [1.82, 2.24) is 0 Å². The molecule has 3 fully saturated rings. The Morgan fingerprint density at radius 2 is 1.90 bits per heavy atom. The largest absolute Gasteiger partial charge is 0.393 e. The predicted octanol–water partition coefficient (Wildman–Crippen LogP) is 7.06. The highest BCUT2D eigenvalue weighted by atomic mass is 16.3. The van der Waals surface area contributed by atoms with Crippen molar-refractivity contribution in [2.24, 2.45) is 35.0 Å². The monoisotopic (exact) mass is 416 g/mol. The summed E-state index contributed by atoms with van der Waals surface area (Å²) in [6.45, 7) is 13.4. The fraction of sp³-hybridized carbons (Fsp3) is 0.857. The lowest BCUT2D eigenvalue weighted by atomic mass is 9.60. The second-order valence-electron chi connectivity index (χ2n) is 12.2. The smallest absolute Gasteiger partial charge is 0.0605 e. The lowest BCUT2D eigenvalue weighted by Crippen LogP contribution is -2.36. The third kappa shape index (κ3) is 5.41. The second kappa shape index (κ2) is 9.49. The number of aliphatic hydroxyl groups excluding tert-OH is 1. The van der Waals surface area contributed by atoms with E-state index in [9.17, 15) is 10.2 Å². The lowest BCUT2D eigenvalue weighted by molar-refractivity contribution is 0.0596. The van der Waals surface area contributed by atoms with Crippen molar-refractivity contribution in [3.63, 3.8) is 0 Å². The molecule has 3 aliphatic rings. The molecule has 0 amide bonds. The van der Waals surface area contributed by atoms with Gasteiger partial charge in [-0.05, 0) is 100 Å². The molecule has 3 unspecified atom stereocenters. The lowest BCUT2D eigenvalue weighted by Gasteiger charge is -2.44.